The van der Waals surface area contributed by atoms with Crippen molar-refractivity contribution in [3.8, 4) is 12.1 Å². The van der Waals surface area contributed by atoms with E-state index in [1.165, 1.54) is 30.6 Å². The van der Waals surface area contributed by atoms with Crippen molar-refractivity contribution in [3.05, 3.63) is 53.3 Å². The molecule has 4 N–H and O–H groups in total. The number of nitrogens with one attached hydrogen (secondary N) is 2. The maximum absolute atomic E-state index is 12.2. The van der Waals surface area contributed by atoms with E-state index in [9.17, 15) is 4.79 Å². The fourth-order valence-corrected chi connectivity index (χ4v) is 1.72. The largest absolute Gasteiger partial charge is 0.322 e. The number of amides is 1. The van der Waals surface area contributed by atoms with Crippen LogP contribution in [0.5, 0.6) is 0 Å². The molecule has 1 heterocycles. The summed E-state index contributed by atoms with van der Waals surface area (Å²) in [6, 6.07) is 9.79. The molecule has 2 aromatic rings. The van der Waals surface area contributed by atoms with Crippen molar-refractivity contribution in [1.82, 2.24) is 4.98 Å². The Bertz CT molecular complexity index is 772. The Balaban J connectivity index is 2.29. The average Bonchev–Trinajstić information content (AvgIpc) is 2.54. The predicted molar refractivity (Wildman–Crippen MR) is 75.9 cm³/mol. The standard InChI is InChI=1S/C14H10N6O/c15-6-9-1-2-11(5-10(9)7-16)19-14(21)12-3-4-18-8-13(12)20-17/h1-5,8,20H,17H2,(H,19,21). The Morgan fingerprint density at radius 1 is 1.19 bits per heavy atom. The summed E-state index contributed by atoms with van der Waals surface area (Å²) in [7, 11) is 0. The van der Waals surface area contributed by atoms with E-state index in [2.05, 4.69) is 15.7 Å². The third kappa shape index (κ3) is 2.95. The fraction of sp³-hybridized carbons (Fsp3) is 0. The number of nitrogens with two attached hydrogens (primary N) is 1. The molecule has 0 unspecified atom stereocenters. The summed E-state index contributed by atoms with van der Waals surface area (Å²) < 4.78 is 0. The van der Waals surface area contributed by atoms with Gasteiger partial charge in [-0.05, 0) is 24.3 Å². The number of pyridine rings is 1. The van der Waals surface area contributed by atoms with Gasteiger partial charge in [-0.3, -0.25) is 15.6 Å². The van der Waals surface area contributed by atoms with Gasteiger partial charge < -0.3 is 10.7 Å². The maximum Gasteiger partial charge on any atom is 0.257 e. The fourth-order valence-electron chi connectivity index (χ4n) is 1.72. The third-order valence-corrected chi connectivity index (χ3v) is 2.74. The Hall–Kier alpha value is -3.42. The summed E-state index contributed by atoms with van der Waals surface area (Å²) in [6.45, 7) is 0. The van der Waals surface area contributed by atoms with Gasteiger partial charge in [-0.1, -0.05) is 0 Å². The molecule has 0 bridgehead atoms. The van der Waals surface area contributed by atoms with Crippen molar-refractivity contribution in [2.75, 3.05) is 10.7 Å². The molecule has 21 heavy (non-hydrogen) atoms. The van der Waals surface area contributed by atoms with Gasteiger partial charge in [0.15, 0.2) is 0 Å². The molecule has 2 rings (SSSR count). The topological polar surface area (TPSA) is 128 Å². The minimum absolute atomic E-state index is 0.196. The first-order chi connectivity index (χ1) is 10.2. The normalized spacial score (nSPS) is 9.29. The van der Waals surface area contributed by atoms with E-state index >= 15 is 0 Å². The lowest BCUT2D eigenvalue weighted by molar-refractivity contribution is 0.102. The number of carbonyl (C=O) groups excluding carboxylic acids is 1. The smallest absolute Gasteiger partial charge is 0.257 e. The summed E-state index contributed by atoms with van der Waals surface area (Å²) in [5.74, 6) is 4.91. The summed E-state index contributed by atoms with van der Waals surface area (Å²) in [5.41, 5.74) is 3.94. The van der Waals surface area contributed by atoms with E-state index in [0.717, 1.165) is 0 Å². The molecule has 7 heteroatoms. The van der Waals surface area contributed by atoms with Crippen LogP contribution in [0.2, 0.25) is 0 Å². The predicted octanol–water partition coefficient (Wildman–Crippen LogP) is 1.36. The molecule has 1 amide bonds. The number of benzene rings is 1. The first-order valence-electron chi connectivity index (χ1n) is 5.86. The van der Waals surface area contributed by atoms with Crippen LogP contribution < -0.4 is 16.6 Å². The Labute approximate surface area is 120 Å². The van der Waals surface area contributed by atoms with Crippen LogP contribution in [0.3, 0.4) is 0 Å². The Morgan fingerprint density at radius 2 is 1.95 bits per heavy atom. The lowest BCUT2D eigenvalue weighted by Crippen LogP contribution is -2.17. The minimum atomic E-state index is -0.404. The molecule has 0 aliphatic heterocycles. The number of aromatic nitrogens is 1. The van der Waals surface area contributed by atoms with Crippen molar-refractivity contribution >= 4 is 17.3 Å². The maximum atomic E-state index is 12.2. The van der Waals surface area contributed by atoms with Crippen LogP contribution >= 0.6 is 0 Å². The highest BCUT2D eigenvalue weighted by Gasteiger charge is 2.12. The number of nitriles is 2. The average molecular weight is 278 g/mol. The molecule has 0 radical (unpaired) electrons. The number of hydrogen-bond acceptors (Lipinski definition) is 6. The molecule has 0 saturated carbocycles. The van der Waals surface area contributed by atoms with E-state index < -0.39 is 5.91 Å². The second-order valence-electron chi connectivity index (χ2n) is 4.00. The van der Waals surface area contributed by atoms with Crippen molar-refractivity contribution in [1.29, 1.82) is 10.5 Å². The number of hydrazine groups is 1. The van der Waals surface area contributed by atoms with Gasteiger partial charge in [-0.2, -0.15) is 10.5 Å². The molecule has 7 nitrogen and oxygen atoms in total. The molecule has 0 aliphatic carbocycles. The van der Waals surface area contributed by atoms with E-state index in [1.54, 1.807) is 6.07 Å². The monoisotopic (exact) mass is 278 g/mol. The number of nitrogen functional groups attached to an aromatic ring is 1. The molecule has 0 saturated heterocycles. The second kappa shape index (κ2) is 6.15. The van der Waals surface area contributed by atoms with Crippen LogP contribution in [0.15, 0.2) is 36.7 Å². The zero-order chi connectivity index (χ0) is 15.2. The van der Waals surface area contributed by atoms with Crippen LogP contribution in [0.4, 0.5) is 11.4 Å². The third-order valence-electron chi connectivity index (χ3n) is 2.74. The highest BCUT2D eigenvalue weighted by Crippen LogP contribution is 2.18. The summed E-state index contributed by atoms with van der Waals surface area (Å²) in [4.78, 5) is 16.0. The van der Waals surface area contributed by atoms with E-state index in [1.807, 2.05) is 12.1 Å². The quantitative estimate of drug-likeness (QED) is 0.574. The number of hydrogen-bond donors (Lipinski definition) is 3. The number of carbonyl (C=O) groups is 1. The van der Waals surface area contributed by atoms with Gasteiger partial charge >= 0.3 is 0 Å². The second-order valence-corrected chi connectivity index (χ2v) is 4.00. The van der Waals surface area contributed by atoms with Crippen molar-refractivity contribution in [2.45, 2.75) is 0 Å². The van der Waals surface area contributed by atoms with Crippen molar-refractivity contribution in [3.63, 3.8) is 0 Å². The van der Waals surface area contributed by atoms with Crippen LogP contribution in [0, 0.1) is 22.7 Å². The first-order valence-corrected chi connectivity index (χ1v) is 5.86. The van der Waals surface area contributed by atoms with Crippen LogP contribution in [-0.4, -0.2) is 10.9 Å². The molecule has 0 atom stereocenters. The highest BCUT2D eigenvalue weighted by molar-refractivity contribution is 6.07. The zero-order valence-electron chi connectivity index (χ0n) is 10.8. The molecule has 0 fully saturated rings. The Kier molecular flexibility index (Phi) is 4.10. The van der Waals surface area contributed by atoms with Gasteiger partial charge in [0.2, 0.25) is 0 Å². The molecule has 0 aliphatic rings. The van der Waals surface area contributed by atoms with Crippen molar-refractivity contribution in [2.24, 2.45) is 5.84 Å². The summed E-state index contributed by atoms with van der Waals surface area (Å²) in [6.07, 6.45) is 2.89. The molecular weight excluding hydrogens is 268 g/mol. The summed E-state index contributed by atoms with van der Waals surface area (Å²) >= 11 is 0. The summed E-state index contributed by atoms with van der Waals surface area (Å²) in [5, 5.41) is 20.4. The highest BCUT2D eigenvalue weighted by atomic mass is 16.1. The molecule has 0 spiro atoms. The number of rotatable bonds is 3. The SMILES string of the molecule is N#Cc1ccc(NC(=O)c2ccncc2NN)cc1C#N. The van der Waals surface area contributed by atoms with Gasteiger partial charge in [0.1, 0.15) is 12.1 Å². The number of nitrogens with zero attached hydrogens (tertiary/aromatic N) is 3. The lowest BCUT2D eigenvalue weighted by Gasteiger charge is -2.09. The number of anilines is 2. The van der Waals surface area contributed by atoms with Crippen LogP contribution in [0.1, 0.15) is 21.5 Å². The van der Waals surface area contributed by atoms with Crippen molar-refractivity contribution < 1.29 is 4.79 Å². The van der Waals surface area contributed by atoms with Gasteiger partial charge in [0.05, 0.1) is 28.6 Å². The van der Waals surface area contributed by atoms with E-state index in [0.29, 0.717) is 16.9 Å². The van der Waals surface area contributed by atoms with Crippen LogP contribution in [0.25, 0.3) is 0 Å². The van der Waals surface area contributed by atoms with Gasteiger partial charge in [0.25, 0.3) is 5.91 Å². The minimum Gasteiger partial charge on any atom is -0.322 e. The lowest BCUT2D eigenvalue weighted by atomic mass is 10.1. The van der Waals surface area contributed by atoms with E-state index in [-0.39, 0.29) is 11.1 Å². The Morgan fingerprint density at radius 3 is 2.62 bits per heavy atom. The molecule has 102 valence electrons. The van der Waals surface area contributed by atoms with Gasteiger partial charge in [-0.15, -0.1) is 0 Å². The van der Waals surface area contributed by atoms with Gasteiger partial charge in [0, 0.05) is 11.9 Å². The first kappa shape index (κ1) is 14.0. The molecule has 1 aromatic heterocycles. The van der Waals surface area contributed by atoms with Crippen LogP contribution in [-0.2, 0) is 0 Å². The van der Waals surface area contributed by atoms with Gasteiger partial charge in [-0.25, -0.2) is 0 Å². The molecule has 1 aromatic carbocycles. The molecular formula is C14H10N6O. The van der Waals surface area contributed by atoms with E-state index in [4.69, 9.17) is 16.4 Å². The zero-order valence-corrected chi connectivity index (χ0v) is 10.8.